The summed E-state index contributed by atoms with van der Waals surface area (Å²) >= 11 is -1.66. The fourth-order valence-corrected chi connectivity index (χ4v) is 5.28. The average molecular weight is 480 g/mol. The molecule has 0 saturated heterocycles. The molecule has 0 bridgehead atoms. The van der Waals surface area contributed by atoms with Crippen LogP contribution in [0.1, 0.15) is 26.7 Å². The molecule has 0 aliphatic heterocycles. The summed E-state index contributed by atoms with van der Waals surface area (Å²) in [6, 6.07) is 0. The van der Waals surface area contributed by atoms with Crippen LogP contribution in [-0.2, 0) is 19.6 Å². The third-order valence-corrected chi connectivity index (χ3v) is 7.84. The summed E-state index contributed by atoms with van der Waals surface area (Å²) < 4.78 is 85.5. The molecule has 0 spiro atoms. The minimum absolute atomic E-state index is 0.178. The van der Waals surface area contributed by atoms with Gasteiger partial charge in [-0.25, -0.2) is 0 Å². The molecule has 0 amide bonds. The Morgan fingerprint density at radius 1 is 1.22 bits per heavy atom. The molecule has 5 nitrogen and oxygen atoms in total. The van der Waals surface area contributed by atoms with Crippen LogP contribution in [-0.4, -0.2) is 50.5 Å². The van der Waals surface area contributed by atoms with Crippen LogP contribution >= 0.6 is 19.8 Å². The quantitative estimate of drug-likeness (QED) is 0.180. The maximum atomic E-state index is 13.2. The van der Waals surface area contributed by atoms with E-state index in [1.165, 1.54) is 0 Å². The van der Waals surface area contributed by atoms with Crippen LogP contribution in [0.4, 0.5) is 17.6 Å². The molecule has 0 aromatic heterocycles. The van der Waals surface area contributed by atoms with E-state index in [1.807, 2.05) is 23.7 Å². The van der Waals surface area contributed by atoms with Crippen molar-refractivity contribution in [2.24, 2.45) is 5.92 Å². The Hall–Kier alpha value is -0.170. The molecule has 1 unspecified atom stereocenters. The topological polar surface area (TPSA) is 80.7 Å². The van der Waals surface area contributed by atoms with Crippen molar-refractivity contribution in [1.82, 2.24) is 0 Å². The molecule has 0 aromatic rings. The van der Waals surface area contributed by atoms with Crippen molar-refractivity contribution in [2.45, 2.75) is 41.8 Å². The molecule has 0 aliphatic carbocycles. The van der Waals surface area contributed by atoms with Crippen LogP contribution in [0.15, 0.2) is 0 Å². The zero-order chi connectivity index (χ0) is 18.6. The summed E-state index contributed by atoms with van der Waals surface area (Å²) in [6.07, 6.45) is -1.20. The molecule has 0 heterocycles. The molecule has 0 fully saturated rings. The molecular weight excluding hydrogens is 459 g/mol. The minimum atomic E-state index is -6.27. The van der Waals surface area contributed by atoms with E-state index in [2.05, 4.69) is 4.74 Å². The second kappa shape index (κ2) is 8.28. The first-order valence-electron chi connectivity index (χ1n) is 6.51. The average Bonchev–Trinajstić information content (AvgIpc) is 2.33. The van der Waals surface area contributed by atoms with Crippen molar-refractivity contribution in [3.8, 4) is 0 Å². The van der Waals surface area contributed by atoms with E-state index in [0.29, 0.717) is 6.42 Å². The molecule has 0 saturated carbocycles. The molecule has 140 valence electrons. The number of esters is 1. The van der Waals surface area contributed by atoms with E-state index < -0.39 is 64.0 Å². The Morgan fingerprint density at radius 2 is 1.70 bits per heavy atom. The number of hydrogen-bond donors (Lipinski definition) is 1. The number of alkyl halides is 7. The zero-order valence-corrected chi connectivity index (χ0v) is 16.1. The van der Waals surface area contributed by atoms with E-state index in [9.17, 15) is 30.8 Å². The second-order valence-corrected chi connectivity index (χ2v) is 13.1. The third kappa shape index (κ3) is 6.33. The number of carbonyl (C=O) groups excluding carboxylic acids is 1. The van der Waals surface area contributed by atoms with Gasteiger partial charge in [0, 0.05) is 0 Å². The first-order chi connectivity index (χ1) is 10.1. The van der Waals surface area contributed by atoms with Gasteiger partial charge in [0.25, 0.3) is 0 Å². The van der Waals surface area contributed by atoms with Gasteiger partial charge in [0.15, 0.2) is 0 Å². The Labute approximate surface area is 140 Å². The third-order valence-electron chi connectivity index (χ3n) is 2.87. The summed E-state index contributed by atoms with van der Waals surface area (Å²) in [5, 5.41) is -5.64. The van der Waals surface area contributed by atoms with Crippen molar-refractivity contribution in [1.29, 1.82) is 0 Å². The van der Waals surface area contributed by atoms with Gasteiger partial charge in [-0.05, 0) is 0 Å². The molecular formula is C12H21F4IO5S. The predicted octanol–water partition coefficient (Wildman–Crippen LogP) is 3.22. The van der Waals surface area contributed by atoms with Crippen LogP contribution in [0.5, 0.6) is 0 Å². The Kier molecular flexibility index (Phi) is 8.21. The number of carbonyl (C=O) groups is 1. The van der Waals surface area contributed by atoms with E-state index in [4.69, 9.17) is 4.55 Å². The number of ether oxygens (including phenoxy) is 1. The van der Waals surface area contributed by atoms with Gasteiger partial charge in [0.2, 0.25) is 0 Å². The fourth-order valence-electron chi connectivity index (χ4n) is 1.57. The summed E-state index contributed by atoms with van der Waals surface area (Å²) in [5.41, 5.74) is 0. The summed E-state index contributed by atoms with van der Waals surface area (Å²) in [6.45, 7) is 2.69. The van der Waals surface area contributed by atoms with Gasteiger partial charge in [0.05, 0.1) is 0 Å². The molecule has 0 aliphatic rings. The molecule has 1 atom stereocenters. The van der Waals surface area contributed by atoms with Crippen LogP contribution in [0.2, 0.25) is 0 Å². The zero-order valence-electron chi connectivity index (χ0n) is 13.2. The summed E-state index contributed by atoms with van der Waals surface area (Å²) in [5.74, 6) is -5.61. The molecule has 0 radical (unpaired) electrons. The van der Waals surface area contributed by atoms with Crippen molar-refractivity contribution in [3.05, 3.63) is 0 Å². The first kappa shape index (κ1) is 22.8. The van der Waals surface area contributed by atoms with Crippen LogP contribution in [0.25, 0.3) is 0 Å². The number of halogens is 5. The normalized spacial score (nSPS) is 15.5. The monoisotopic (exact) mass is 480 g/mol. The summed E-state index contributed by atoms with van der Waals surface area (Å²) in [4.78, 5) is 15.6. The standard InChI is InChI=1S/C12H21F4IO5S/c1-8(2)7-9(17(3)4)10(18)22-6-5-11(13,14)12(15,16)23(19,20)21/h8-9H,5-7H2,1-4H3,(H,19,20,21). The summed E-state index contributed by atoms with van der Waals surface area (Å²) in [7, 11) is -6.27. The first-order valence-corrected chi connectivity index (χ1v) is 13.5. The van der Waals surface area contributed by atoms with Gasteiger partial charge in [-0.15, -0.1) is 0 Å². The predicted molar refractivity (Wildman–Crippen MR) is 86.1 cm³/mol. The second-order valence-electron chi connectivity index (χ2n) is 5.53. The SMILES string of the molecule is CC(C)CC(C(=O)OCCC(F)(F)C(F)(F)S(=O)(=O)O)I(C)C. The van der Waals surface area contributed by atoms with Crippen LogP contribution in [0.3, 0.4) is 0 Å². The van der Waals surface area contributed by atoms with Gasteiger partial charge in [-0.2, -0.15) is 0 Å². The van der Waals surface area contributed by atoms with Gasteiger partial charge in [-0.3, -0.25) is 0 Å². The Morgan fingerprint density at radius 3 is 2.04 bits per heavy atom. The van der Waals surface area contributed by atoms with E-state index in [0.717, 1.165) is 0 Å². The number of rotatable bonds is 9. The Bertz CT molecular complexity index is 508. The van der Waals surface area contributed by atoms with E-state index in [-0.39, 0.29) is 5.92 Å². The van der Waals surface area contributed by atoms with Crippen LogP contribution in [0, 0.1) is 5.92 Å². The van der Waals surface area contributed by atoms with E-state index in [1.54, 1.807) is 0 Å². The molecule has 23 heavy (non-hydrogen) atoms. The van der Waals surface area contributed by atoms with E-state index >= 15 is 0 Å². The fraction of sp³-hybridized carbons (Fsp3) is 0.917. The Balaban J connectivity index is 4.79. The molecule has 0 rings (SSSR count). The number of hydrogen-bond acceptors (Lipinski definition) is 4. The van der Waals surface area contributed by atoms with Gasteiger partial charge >= 0.3 is 140 Å². The van der Waals surface area contributed by atoms with Crippen LogP contribution < -0.4 is 0 Å². The van der Waals surface area contributed by atoms with Crippen molar-refractivity contribution in [2.75, 3.05) is 16.5 Å². The maximum absolute atomic E-state index is 13.2. The van der Waals surface area contributed by atoms with Gasteiger partial charge in [-0.1, -0.05) is 0 Å². The van der Waals surface area contributed by atoms with Gasteiger partial charge in [0.1, 0.15) is 0 Å². The molecule has 0 aromatic carbocycles. The van der Waals surface area contributed by atoms with Crippen molar-refractivity contribution in [3.63, 3.8) is 0 Å². The molecule has 1 N–H and O–H groups in total. The van der Waals surface area contributed by atoms with Crippen molar-refractivity contribution >= 4 is 35.9 Å². The van der Waals surface area contributed by atoms with Gasteiger partial charge < -0.3 is 0 Å². The van der Waals surface area contributed by atoms with Crippen molar-refractivity contribution < 1.29 is 40.1 Å². The molecule has 11 heteroatoms.